The molecule has 0 saturated heterocycles. The first-order valence-electron chi connectivity index (χ1n) is 10.8. The molecule has 32 heavy (non-hydrogen) atoms. The van der Waals surface area contributed by atoms with Gasteiger partial charge in [0.1, 0.15) is 11.0 Å². The topological polar surface area (TPSA) is 107 Å². The van der Waals surface area contributed by atoms with Crippen LogP contribution in [0.25, 0.3) is 0 Å². The number of halogens is 1. The molecule has 0 amide bonds. The number of fused-ring (bicyclic) bond motifs is 2. The van der Waals surface area contributed by atoms with Gasteiger partial charge in [-0.15, -0.1) is 0 Å². The van der Waals surface area contributed by atoms with E-state index in [2.05, 4.69) is 47.1 Å². The molecule has 4 atom stereocenters. The summed E-state index contributed by atoms with van der Waals surface area (Å²) >= 11 is 3.39. The largest absolute Gasteiger partial charge is 0.380 e. The van der Waals surface area contributed by atoms with Crippen molar-refractivity contribution in [1.29, 1.82) is 0 Å². The van der Waals surface area contributed by atoms with E-state index in [-0.39, 0.29) is 36.0 Å². The first-order valence-corrected chi connectivity index (χ1v) is 11.6. The molecule has 1 aromatic heterocycles. The summed E-state index contributed by atoms with van der Waals surface area (Å²) in [6.45, 7) is 6.77. The van der Waals surface area contributed by atoms with Crippen LogP contribution in [-0.2, 0) is 17.8 Å². The molecule has 2 aromatic rings. The smallest absolute Gasteiger partial charge is 0.283 e. The average molecular weight is 503 g/mol. The molecule has 0 radical (unpaired) electrons. The molecule has 1 heterocycles. The number of ketones is 1. The Morgan fingerprint density at radius 2 is 2.12 bits per heavy atom. The number of Topliss-reactive ketones (excluding diaryl/α,β-unsaturated/α-hetero) is 1. The molecule has 0 spiro atoms. The molecule has 1 N–H and O–H groups in total. The monoisotopic (exact) mass is 502 g/mol. The van der Waals surface area contributed by atoms with Crippen molar-refractivity contribution in [2.75, 3.05) is 5.32 Å². The van der Waals surface area contributed by atoms with Gasteiger partial charge in [0.25, 0.3) is 11.2 Å². The fourth-order valence-corrected chi connectivity index (χ4v) is 5.87. The predicted molar refractivity (Wildman–Crippen MR) is 125 cm³/mol. The number of benzene rings is 1. The number of aromatic nitrogens is 2. The zero-order valence-corrected chi connectivity index (χ0v) is 20.0. The summed E-state index contributed by atoms with van der Waals surface area (Å²) in [5.41, 5.74) is 1.12. The molecule has 3 aliphatic carbocycles. The van der Waals surface area contributed by atoms with E-state index in [1.54, 1.807) is 18.3 Å². The van der Waals surface area contributed by atoms with Gasteiger partial charge in [-0.1, -0.05) is 32.9 Å². The van der Waals surface area contributed by atoms with Crippen LogP contribution in [0.15, 0.2) is 39.7 Å². The highest BCUT2D eigenvalue weighted by Gasteiger charge is 2.56. The van der Waals surface area contributed by atoms with Crippen LogP contribution in [0.1, 0.15) is 39.2 Å². The van der Waals surface area contributed by atoms with Crippen LogP contribution in [0, 0.1) is 33.3 Å². The standard InChI is InChI=1S/C23H27BrN4O4/c1-13-18-9-15(23(18,2)3)10-19(13)26-20-11-25-27(22(30)21(20)24)12-17(29)8-14-5-4-6-16(7-14)28(31)32/h4-7,11,13,15,18-19,26H,8-10,12H2,1-3H3/t13-,15-,18+,19-/m1/s1. The minimum absolute atomic E-state index is 0.00836. The van der Waals surface area contributed by atoms with E-state index in [0.717, 1.165) is 11.1 Å². The third-order valence-corrected chi connectivity index (χ3v) is 8.30. The van der Waals surface area contributed by atoms with Gasteiger partial charge >= 0.3 is 0 Å². The fraction of sp³-hybridized carbons (Fsp3) is 0.522. The number of nitrogens with zero attached hydrogens (tertiary/aromatic N) is 3. The number of rotatable bonds is 7. The number of non-ortho nitro benzene ring substituents is 1. The first-order chi connectivity index (χ1) is 15.1. The molecule has 0 unspecified atom stereocenters. The molecule has 8 nitrogen and oxygen atoms in total. The van der Waals surface area contributed by atoms with E-state index in [1.165, 1.54) is 18.6 Å². The van der Waals surface area contributed by atoms with Crippen molar-refractivity contribution >= 4 is 33.1 Å². The van der Waals surface area contributed by atoms with Gasteiger partial charge in [0.2, 0.25) is 0 Å². The first kappa shape index (κ1) is 22.6. The van der Waals surface area contributed by atoms with Crippen molar-refractivity contribution in [2.45, 2.75) is 52.6 Å². The number of anilines is 1. The van der Waals surface area contributed by atoms with Crippen LogP contribution in [0.4, 0.5) is 11.4 Å². The Kier molecular flexibility index (Phi) is 5.96. The van der Waals surface area contributed by atoms with Crippen LogP contribution < -0.4 is 10.9 Å². The number of carbonyl (C=O) groups excluding carboxylic acids is 1. The molecule has 3 saturated carbocycles. The number of carbonyl (C=O) groups is 1. The summed E-state index contributed by atoms with van der Waals surface area (Å²) in [7, 11) is 0. The molecule has 9 heteroatoms. The number of nitrogens with one attached hydrogen (secondary N) is 1. The van der Waals surface area contributed by atoms with Gasteiger partial charge in [-0.25, -0.2) is 4.68 Å². The Bertz CT molecular complexity index is 1130. The van der Waals surface area contributed by atoms with E-state index in [1.807, 2.05) is 0 Å². The lowest BCUT2D eigenvalue weighted by atomic mass is 9.45. The van der Waals surface area contributed by atoms with E-state index in [9.17, 15) is 19.7 Å². The van der Waals surface area contributed by atoms with Gasteiger partial charge < -0.3 is 5.32 Å². The molecule has 3 aliphatic rings. The molecule has 3 fully saturated rings. The number of nitro groups is 1. The second-order valence-electron chi connectivity index (χ2n) is 9.68. The summed E-state index contributed by atoms with van der Waals surface area (Å²) < 4.78 is 1.49. The highest BCUT2D eigenvalue weighted by atomic mass is 79.9. The van der Waals surface area contributed by atoms with Crippen LogP contribution in [0.5, 0.6) is 0 Å². The molecular weight excluding hydrogens is 476 g/mol. The van der Waals surface area contributed by atoms with Crippen molar-refractivity contribution in [2.24, 2.45) is 23.2 Å². The molecule has 170 valence electrons. The van der Waals surface area contributed by atoms with Crippen molar-refractivity contribution < 1.29 is 9.72 Å². The fourth-order valence-electron chi connectivity index (χ4n) is 5.45. The van der Waals surface area contributed by atoms with E-state index >= 15 is 0 Å². The summed E-state index contributed by atoms with van der Waals surface area (Å²) in [4.78, 5) is 35.7. The third-order valence-electron chi connectivity index (χ3n) is 7.53. The summed E-state index contributed by atoms with van der Waals surface area (Å²) in [6.07, 6.45) is 3.93. The van der Waals surface area contributed by atoms with E-state index in [4.69, 9.17) is 0 Å². The lowest BCUT2D eigenvalue weighted by Gasteiger charge is -2.62. The number of nitro benzene ring substituents is 1. The minimum Gasteiger partial charge on any atom is -0.380 e. The van der Waals surface area contributed by atoms with E-state index < -0.39 is 4.92 Å². The minimum atomic E-state index is -0.500. The van der Waals surface area contributed by atoms with Crippen molar-refractivity contribution in [1.82, 2.24) is 9.78 Å². The maximum atomic E-state index is 12.8. The van der Waals surface area contributed by atoms with Gasteiger partial charge in [-0.2, -0.15) is 5.10 Å². The highest BCUT2D eigenvalue weighted by molar-refractivity contribution is 9.10. The van der Waals surface area contributed by atoms with Crippen LogP contribution >= 0.6 is 15.9 Å². The van der Waals surface area contributed by atoms with Gasteiger partial charge in [0, 0.05) is 24.6 Å². The average Bonchev–Trinajstić information content (AvgIpc) is 2.74. The maximum Gasteiger partial charge on any atom is 0.283 e. The molecule has 2 bridgehead atoms. The second-order valence-corrected chi connectivity index (χ2v) is 10.5. The summed E-state index contributed by atoms with van der Waals surface area (Å²) in [5, 5.41) is 18.6. The van der Waals surface area contributed by atoms with Crippen LogP contribution in [-0.4, -0.2) is 26.5 Å². The molecule has 1 aromatic carbocycles. The Morgan fingerprint density at radius 1 is 1.38 bits per heavy atom. The lowest BCUT2D eigenvalue weighted by molar-refractivity contribution is -0.384. The zero-order chi connectivity index (χ0) is 23.2. The third kappa shape index (κ3) is 4.10. The SMILES string of the molecule is C[C@H]1[C@H](Nc2cnn(CC(=O)Cc3cccc([N+](=O)[O-])c3)c(=O)c2Br)C[C@H]2C[C@@H]1C2(C)C. The van der Waals surface area contributed by atoms with Crippen LogP contribution in [0.3, 0.4) is 0 Å². The van der Waals surface area contributed by atoms with Gasteiger partial charge in [-0.3, -0.25) is 19.7 Å². The Hall–Kier alpha value is -2.55. The van der Waals surface area contributed by atoms with Crippen molar-refractivity contribution in [3.63, 3.8) is 0 Å². The van der Waals surface area contributed by atoms with E-state index in [0.29, 0.717) is 38.9 Å². The van der Waals surface area contributed by atoms with Gasteiger partial charge in [0.05, 0.1) is 16.8 Å². The Balaban J connectivity index is 1.43. The molecule has 0 aliphatic heterocycles. The quantitative estimate of drug-likeness (QED) is 0.448. The summed E-state index contributed by atoms with van der Waals surface area (Å²) in [6, 6.07) is 6.23. The zero-order valence-electron chi connectivity index (χ0n) is 18.4. The number of hydrogen-bond donors (Lipinski definition) is 1. The Labute approximate surface area is 194 Å². The van der Waals surface area contributed by atoms with Crippen molar-refractivity contribution in [3.8, 4) is 0 Å². The second kappa shape index (κ2) is 8.42. The normalized spacial score (nSPS) is 25.6. The van der Waals surface area contributed by atoms with Gasteiger partial charge in [-0.05, 0) is 57.5 Å². The highest BCUT2D eigenvalue weighted by Crippen LogP contribution is 2.61. The van der Waals surface area contributed by atoms with Crippen molar-refractivity contribution in [3.05, 3.63) is 61.0 Å². The number of hydrogen-bond acceptors (Lipinski definition) is 6. The van der Waals surface area contributed by atoms with Crippen LogP contribution in [0.2, 0.25) is 0 Å². The molecular formula is C23H27BrN4O4. The maximum absolute atomic E-state index is 12.8. The molecule has 5 rings (SSSR count). The van der Waals surface area contributed by atoms with Gasteiger partial charge in [0.15, 0.2) is 5.78 Å². The lowest BCUT2D eigenvalue weighted by Crippen LogP contribution is -2.58. The predicted octanol–water partition coefficient (Wildman–Crippen LogP) is 4.21. The summed E-state index contributed by atoms with van der Waals surface area (Å²) in [5.74, 6) is 1.62. The Morgan fingerprint density at radius 3 is 2.78 bits per heavy atom.